The molecule has 0 saturated carbocycles. The summed E-state index contributed by atoms with van der Waals surface area (Å²) in [5.41, 5.74) is 0.389. The first-order chi connectivity index (χ1) is 9.51. The van der Waals surface area contributed by atoms with Gasteiger partial charge in [0.2, 0.25) is 0 Å². The molecule has 0 bridgehead atoms. The van der Waals surface area contributed by atoms with Gasteiger partial charge in [0.15, 0.2) is 5.96 Å². The first-order valence-electron chi connectivity index (χ1n) is 7.56. The minimum Gasteiger partial charge on any atom is -0.469 e. The Balaban J connectivity index is 2.27. The Morgan fingerprint density at radius 3 is 2.70 bits per heavy atom. The van der Waals surface area contributed by atoms with Crippen molar-refractivity contribution in [1.29, 1.82) is 0 Å². The molecule has 1 heterocycles. The van der Waals surface area contributed by atoms with Gasteiger partial charge >= 0.3 is 0 Å². The van der Waals surface area contributed by atoms with Gasteiger partial charge in [-0.15, -0.1) is 0 Å². The van der Waals surface area contributed by atoms with E-state index in [2.05, 4.69) is 43.3 Å². The third-order valence-electron chi connectivity index (χ3n) is 2.94. The lowest BCUT2D eigenvalue weighted by Crippen LogP contribution is -2.38. The Bertz CT molecular complexity index is 377. The molecule has 0 aliphatic carbocycles. The highest BCUT2D eigenvalue weighted by molar-refractivity contribution is 5.79. The lowest BCUT2D eigenvalue weighted by molar-refractivity contribution is 0.368. The predicted octanol–water partition coefficient (Wildman–Crippen LogP) is 3.20. The molecule has 2 N–H and O–H groups in total. The van der Waals surface area contributed by atoms with E-state index in [1.165, 1.54) is 6.42 Å². The van der Waals surface area contributed by atoms with Crippen LogP contribution in [0.2, 0.25) is 0 Å². The molecule has 0 aliphatic heterocycles. The van der Waals surface area contributed by atoms with Crippen LogP contribution in [0.1, 0.15) is 46.3 Å². The fourth-order valence-corrected chi connectivity index (χ4v) is 1.90. The fourth-order valence-electron chi connectivity index (χ4n) is 1.90. The Morgan fingerprint density at radius 1 is 1.30 bits per heavy atom. The lowest BCUT2D eigenvalue weighted by Gasteiger charge is -2.17. The molecule has 0 atom stereocenters. The Labute approximate surface area is 123 Å². The van der Waals surface area contributed by atoms with Crippen molar-refractivity contribution < 1.29 is 4.42 Å². The molecule has 0 saturated heterocycles. The molecule has 1 rings (SSSR count). The van der Waals surface area contributed by atoms with Crippen molar-refractivity contribution in [3.05, 3.63) is 24.2 Å². The highest BCUT2D eigenvalue weighted by Gasteiger charge is 2.08. The maximum absolute atomic E-state index is 5.31. The topological polar surface area (TPSA) is 49.6 Å². The van der Waals surface area contributed by atoms with Gasteiger partial charge in [0.25, 0.3) is 0 Å². The summed E-state index contributed by atoms with van der Waals surface area (Å²) in [7, 11) is 0. The van der Waals surface area contributed by atoms with Gasteiger partial charge in [-0.3, -0.25) is 4.99 Å². The smallest absolute Gasteiger partial charge is 0.191 e. The molecule has 1 aromatic rings. The first kappa shape index (κ1) is 16.6. The van der Waals surface area contributed by atoms with E-state index in [0.29, 0.717) is 5.41 Å². The third-order valence-corrected chi connectivity index (χ3v) is 2.94. The lowest BCUT2D eigenvalue weighted by atomic mass is 9.91. The second-order valence-corrected chi connectivity index (χ2v) is 6.18. The average Bonchev–Trinajstić information content (AvgIpc) is 2.86. The molecule has 114 valence electrons. The summed E-state index contributed by atoms with van der Waals surface area (Å²) in [4.78, 5) is 4.60. The van der Waals surface area contributed by atoms with Crippen LogP contribution in [-0.4, -0.2) is 25.6 Å². The molecule has 0 spiro atoms. The second kappa shape index (κ2) is 8.67. The van der Waals surface area contributed by atoms with E-state index in [4.69, 9.17) is 4.42 Å². The maximum atomic E-state index is 5.31. The summed E-state index contributed by atoms with van der Waals surface area (Å²) in [6.45, 7) is 11.5. The predicted molar refractivity (Wildman–Crippen MR) is 85.1 cm³/mol. The third kappa shape index (κ3) is 7.87. The van der Waals surface area contributed by atoms with E-state index >= 15 is 0 Å². The van der Waals surface area contributed by atoms with Crippen LogP contribution in [0.5, 0.6) is 0 Å². The Kier molecular flexibility index (Phi) is 7.20. The van der Waals surface area contributed by atoms with E-state index in [1.54, 1.807) is 6.26 Å². The standard InChI is InChI=1S/C16H29N3O/c1-5-17-15(18-11-7-10-16(2,3)4)19-12-9-14-8-6-13-20-14/h6,8,13H,5,7,9-12H2,1-4H3,(H2,17,18,19). The zero-order valence-electron chi connectivity index (χ0n) is 13.3. The van der Waals surface area contributed by atoms with Crippen LogP contribution in [0.3, 0.4) is 0 Å². The highest BCUT2D eigenvalue weighted by Crippen LogP contribution is 2.20. The average molecular weight is 279 g/mol. The zero-order valence-corrected chi connectivity index (χ0v) is 13.3. The van der Waals surface area contributed by atoms with Crippen molar-refractivity contribution in [2.45, 2.75) is 47.0 Å². The van der Waals surface area contributed by atoms with E-state index in [1.807, 2.05) is 12.1 Å². The van der Waals surface area contributed by atoms with Gasteiger partial charge in [-0.05, 0) is 37.3 Å². The summed E-state index contributed by atoms with van der Waals surface area (Å²) in [6, 6.07) is 3.91. The Hall–Kier alpha value is -1.45. The number of nitrogens with zero attached hydrogens (tertiary/aromatic N) is 1. The Morgan fingerprint density at radius 2 is 2.10 bits per heavy atom. The van der Waals surface area contributed by atoms with Crippen LogP contribution in [0.25, 0.3) is 0 Å². The number of furan rings is 1. The van der Waals surface area contributed by atoms with E-state index < -0.39 is 0 Å². The van der Waals surface area contributed by atoms with Gasteiger partial charge in [0.05, 0.1) is 6.26 Å². The van der Waals surface area contributed by atoms with Crippen LogP contribution >= 0.6 is 0 Å². The molecule has 0 aromatic carbocycles. The van der Waals surface area contributed by atoms with Crippen LogP contribution in [0.15, 0.2) is 27.8 Å². The SMILES string of the molecule is CCNC(=NCCCC(C)(C)C)NCCc1ccco1. The van der Waals surface area contributed by atoms with Gasteiger partial charge in [0.1, 0.15) is 5.76 Å². The van der Waals surface area contributed by atoms with Crippen LogP contribution in [0, 0.1) is 5.41 Å². The summed E-state index contributed by atoms with van der Waals surface area (Å²) in [6.07, 6.45) is 4.90. The van der Waals surface area contributed by atoms with Crippen molar-refractivity contribution in [1.82, 2.24) is 10.6 Å². The minimum absolute atomic E-state index is 0.389. The van der Waals surface area contributed by atoms with E-state index in [0.717, 1.165) is 44.2 Å². The highest BCUT2D eigenvalue weighted by atomic mass is 16.3. The maximum Gasteiger partial charge on any atom is 0.191 e. The molecule has 1 aromatic heterocycles. The number of guanidine groups is 1. The molecule has 0 fully saturated rings. The molecule has 0 aliphatic rings. The van der Waals surface area contributed by atoms with Gasteiger partial charge in [-0.1, -0.05) is 20.8 Å². The normalized spacial score (nSPS) is 12.5. The van der Waals surface area contributed by atoms with Crippen LogP contribution in [0.4, 0.5) is 0 Å². The molecular formula is C16H29N3O. The van der Waals surface area contributed by atoms with Gasteiger partial charge < -0.3 is 15.1 Å². The number of aliphatic imine (C=N–C) groups is 1. The monoisotopic (exact) mass is 279 g/mol. The quantitative estimate of drug-likeness (QED) is 0.458. The van der Waals surface area contributed by atoms with Crippen molar-refractivity contribution in [2.24, 2.45) is 10.4 Å². The summed E-state index contributed by atoms with van der Waals surface area (Å²) >= 11 is 0. The molecule has 0 amide bonds. The number of hydrogen-bond acceptors (Lipinski definition) is 2. The van der Waals surface area contributed by atoms with E-state index in [-0.39, 0.29) is 0 Å². The molecule has 20 heavy (non-hydrogen) atoms. The molecular weight excluding hydrogens is 250 g/mol. The summed E-state index contributed by atoms with van der Waals surface area (Å²) in [5, 5.41) is 6.60. The van der Waals surface area contributed by atoms with Crippen LogP contribution < -0.4 is 10.6 Å². The van der Waals surface area contributed by atoms with Crippen LogP contribution in [-0.2, 0) is 6.42 Å². The number of hydrogen-bond donors (Lipinski definition) is 2. The summed E-state index contributed by atoms with van der Waals surface area (Å²) in [5.74, 6) is 1.90. The molecule has 4 nitrogen and oxygen atoms in total. The van der Waals surface area contributed by atoms with Crippen molar-refractivity contribution in [3.8, 4) is 0 Å². The summed E-state index contributed by atoms with van der Waals surface area (Å²) < 4.78 is 5.31. The largest absolute Gasteiger partial charge is 0.469 e. The number of nitrogens with one attached hydrogen (secondary N) is 2. The van der Waals surface area contributed by atoms with Gasteiger partial charge in [-0.25, -0.2) is 0 Å². The zero-order chi connectivity index (χ0) is 14.8. The van der Waals surface area contributed by atoms with Gasteiger partial charge in [-0.2, -0.15) is 0 Å². The molecule has 4 heteroatoms. The second-order valence-electron chi connectivity index (χ2n) is 6.18. The number of rotatable bonds is 7. The van der Waals surface area contributed by atoms with Crippen molar-refractivity contribution in [2.75, 3.05) is 19.6 Å². The van der Waals surface area contributed by atoms with Crippen molar-refractivity contribution >= 4 is 5.96 Å². The van der Waals surface area contributed by atoms with Crippen molar-refractivity contribution in [3.63, 3.8) is 0 Å². The fraction of sp³-hybridized carbons (Fsp3) is 0.688. The van der Waals surface area contributed by atoms with Gasteiger partial charge in [0, 0.05) is 26.1 Å². The first-order valence-corrected chi connectivity index (χ1v) is 7.56. The molecule has 0 unspecified atom stereocenters. The van der Waals surface area contributed by atoms with E-state index in [9.17, 15) is 0 Å². The minimum atomic E-state index is 0.389. The molecule has 0 radical (unpaired) electrons.